The largest absolute Gasteiger partial charge is 0.378 e. The number of aliphatic imine (C=N–C) groups is 1. The van der Waals surface area contributed by atoms with Crippen LogP contribution in [0.25, 0.3) is 0 Å². The Bertz CT molecular complexity index is 669. The van der Waals surface area contributed by atoms with Crippen molar-refractivity contribution in [3.05, 3.63) is 45.9 Å². The molecule has 0 bridgehead atoms. The Morgan fingerprint density at radius 2 is 2.08 bits per heavy atom. The molecule has 0 aliphatic rings. The summed E-state index contributed by atoms with van der Waals surface area (Å²) in [6, 6.07) is 8.49. The van der Waals surface area contributed by atoms with Crippen LogP contribution in [-0.4, -0.2) is 38.6 Å². The van der Waals surface area contributed by atoms with Gasteiger partial charge in [-0.25, -0.2) is 4.98 Å². The Labute approximate surface area is 172 Å². The SMILES string of the molecule is CCc1cnc(CCNC(=NC)NCc2cccc(N(C)C)c2)s1.I. The van der Waals surface area contributed by atoms with Gasteiger partial charge in [0.2, 0.25) is 0 Å². The normalized spacial score (nSPS) is 11.0. The van der Waals surface area contributed by atoms with Crippen molar-refractivity contribution < 1.29 is 0 Å². The molecule has 1 aromatic carbocycles. The number of anilines is 1. The van der Waals surface area contributed by atoms with Gasteiger partial charge in [-0.15, -0.1) is 35.3 Å². The van der Waals surface area contributed by atoms with Crippen LogP contribution in [0.5, 0.6) is 0 Å². The minimum absolute atomic E-state index is 0. The van der Waals surface area contributed by atoms with Crippen LogP contribution in [0.2, 0.25) is 0 Å². The molecule has 0 aliphatic carbocycles. The minimum Gasteiger partial charge on any atom is -0.378 e. The van der Waals surface area contributed by atoms with Crippen molar-refractivity contribution in [1.29, 1.82) is 0 Å². The van der Waals surface area contributed by atoms with Gasteiger partial charge in [-0.05, 0) is 24.1 Å². The Morgan fingerprint density at radius 1 is 1.28 bits per heavy atom. The summed E-state index contributed by atoms with van der Waals surface area (Å²) in [7, 11) is 5.90. The number of halogens is 1. The van der Waals surface area contributed by atoms with Crippen molar-refractivity contribution in [2.75, 3.05) is 32.6 Å². The molecule has 0 amide bonds. The minimum atomic E-state index is 0. The number of hydrogen-bond donors (Lipinski definition) is 2. The van der Waals surface area contributed by atoms with E-state index in [0.29, 0.717) is 0 Å². The highest BCUT2D eigenvalue weighted by Gasteiger charge is 2.03. The zero-order valence-corrected chi connectivity index (χ0v) is 18.5. The maximum atomic E-state index is 4.44. The zero-order chi connectivity index (χ0) is 17.4. The smallest absolute Gasteiger partial charge is 0.191 e. The van der Waals surface area contributed by atoms with Crippen molar-refractivity contribution in [3.8, 4) is 0 Å². The molecular weight excluding hydrogens is 445 g/mol. The Hall–Kier alpha value is -1.35. The molecule has 1 aromatic heterocycles. The van der Waals surface area contributed by atoms with E-state index in [9.17, 15) is 0 Å². The second kappa shape index (κ2) is 11.3. The predicted molar refractivity (Wildman–Crippen MR) is 120 cm³/mol. The summed E-state index contributed by atoms with van der Waals surface area (Å²) in [6.07, 6.45) is 3.95. The molecule has 7 heteroatoms. The van der Waals surface area contributed by atoms with E-state index in [1.807, 2.05) is 6.20 Å². The van der Waals surface area contributed by atoms with Gasteiger partial charge in [0.25, 0.3) is 0 Å². The number of guanidine groups is 1. The molecule has 0 unspecified atom stereocenters. The van der Waals surface area contributed by atoms with Crippen LogP contribution in [0, 0.1) is 0 Å². The molecule has 0 saturated carbocycles. The molecule has 0 saturated heterocycles. The number of rotatable bonds is 7. The van der Waals surface area contributed by atoms with E-state index in [1.165, 1.54) is 21.1 Å². The van der Waals surface area contributed by atoms with Crippen molar-refractivity contribution in [1.82, 2.24) is 15.6 Å². The summed E-state index contributed by atoms with van der Waals surface area (Å²) < 4.78 is 0. The molecule has 0 atom stereocenters. The number of aromatic nitrogens is 1. The van der Waals surface area contributed by atoms with Crippen LogP contribution in [0.15, 0.2) is 35.5 Å². The zero-order valence-electron chi connectivity index (χ0n) is 15.4. The molecule has 0 radical (unpaired) electrons. The fourth-order valence-corrected chi connectivity index (χ4v) is 3.13. The third kappa shape index (κ3) is 7.19. The fourth-order valence-electron chi connectivity index (χ4n) is 2.27. The number of nitrogens with one attached hydrogen (secondary N) is 2. The maximum absolute atomic E-state index is 4.44. The Balaban J connectivity index is 0.00000312. The van der Waals surface area contributed by atoms with Gasteiger partial charge < -0.3 is 15.5 Å². The molecule has 0 spiro atoms. The third-order valence-electron chi connectivity index (χ3n) is 3.69. The lowest BCUT2D eigenvalue weighted by atomic mass is 10.2. The third-order valence-corrected chi connectivity index (χ3v) is 4.89. The van der Waals surface area contributed by atoms with Gasteiger partial charge in [-0.1, -0.05) is 19.1 Å². The van der Waals surface area contributed by atoms with Crippen LogP contribution in [0.1, 0.15) is 22.4 Å². The highest BCUT2D eigenvalue weighted by atomic mass is 127. The van der Waals surface area contributed by atoms with E-state index >= 15 is 0 Å². The van der Waals surface area contributed by atoms with Crippen LogP contribution >= 0.6 is 35.3 Å². The molecule has 2 aromatic rings. The second-order valence-electron chi connectivity index (χ2n) is 5.74. The fraction of sp³-hybridized carbons (Fsp3) is 0.444. The second-order valence-corrected chi connectivity index (χ2v) is 6.94. The van der Waals surface area contributed by atoms with Gasteiger partial charge in [0.15, 0.2) is 5.96 Å². The molecule has 2 rings (SSSR count). The van der Waals surface area contributed by atoms with Crippen LogP contribution in [-0.2, 0) is 19.4 Å². The summed E-state index contributed by atoms with van der Waals surface area (Å²) in [5.41, 5.74) is 2.43. The highest BCUT2D eigenvalue weighted by molar-refractivity contribution is 14.0. The number of thiazole rings is 1. The van der Waals surface area contributed by atoms with Crippen molar-refractivity contribution in [2.24, 2.45) is 4.99 Å². The van der Waals surface area contributed by atoms with E-state index in [1.54, 1.807) is 18.4 Å². The van der Waals surface area contributed by atoms with Gasteiger partial charge in [0.1, 0.15) is 0 Å². The average molecular weight is 473 g/mol. The summed E-state index contributed by atoms with van der Waals surface area (Å²) in [4.78, 5) is 12.2. The van der Waals surface area contributed by atoms with E-state index in [2.05, 4.69) is 70.8 Å². The van der Waals surface area contributed by atoms with E-state index in [4.69, 9.17) is 0 Å². The highest BCUT2D eigenvalue weighted by Crippen LogP contribution is 2.14. The van der Waals surface area contributed by atoms with Gasteiger partial charge in [0.05, 0.1) is 5.01 Å². The lowest BCUT2D eigenvalue weighted by Gasteiger charge is -2.15. The van der Waals surface area contributed by atoms with E-state index < -0.39 is 0 Å². The van der Waals surface area contributed by atoms with Crippen molar-refractivity contribution >= 4 is 47.0 Å². The topological polar surface area (TPSA) is 52.6 Å². The Morgan fingerprint density at radius 3 is 2.72 bits per heavy atom. The summed E-state index contributed by atoms with van der Waals surface area (Å²) in [5, 5.41) is 7.88. The van der Waals surface area contributed by atoms with Gasteiger partial charge in [0, 0.05) is 57.4 Å². The maximum Gasteiger partial charge on any atom is 0.191 e. The molecule has 0 fully saturated rings. The lowest BCUT2D eigenvalue weighted by Crippen LogP contribution is -2.37. The summed E-state index contributed by atoms with van der Waals surface area (Å²) >= 11 is 1.79. The molecule has 138 valence electrons. The molecule has 25 heavy (non-hydrogen) atoms. The summed E-state index contributed by atoms with van der Waals surface area (Å²) in [5.74, 6) is 0.817. The first kappa shape index (κ1) is 21.7. The molecule has 0 aliphatic heterocycles. The van der Waals surface area contributed by atoms with E-state index in [-0.39, 0.29) is 24.0 Å². The van der Waals surface area contributed by atoms with Crippen LogP contribution in [0.3, 0.4) is 0 Å². The van der Waals surface area contributed by atoms with Gasteiger partial charge >= 0.3 is 0 Å². The first-order chi connectivity index (χ1) is 11.6. The monoisotopic (exact) mass is 473 g/mol. The number of benzene rings is 1. The van der Waals surface area contributed by atoms with Gasteiger partial charge in [-0.3, -0.25) is 4.99 Å². The number of nitrogens with zero attached hydrogens (tertiary/aromatic N) is 3. The predicted octanol–water partition coefficient (Wildman–Crippen LogP) is 3.30. The first-order valence-electron chi connectivity index (χ1n) is 8.26. The van der Waals surface area contributed by atoms with Gasteiger partial charge in [-0.2, -0.15) is 0 Å². The van der Waals surface area contributed by atoms with E-state index in [0.717, 1.165) is 31.9 Å². The average Bonchev–Trinajstić information content (AvgIpc) is 3.06. The molecule has 2 N–H and O–H groups in total. The Kier molecular flexibility index (Phi) is 9.81. The quantitative estimate of drug-likeness (QED) is 0.368. The number of hydrogen-bond acceptors (Lipinski definition) is 4. The summed E-state index contributed by atoms with van der Waals surface area (Å²) in [6.45, 7) is 3.74. The molecular formula is C18H28IN5S. The van der Waals surface area contributed by atoms with Crippen molar-refractivity contribution in [3.63, 3.8) is 0 Å². The standard InChI is InChI=1S/C18H27N5S.HI/c1-5-16-13-21-17(24-16)9-10-20-18(19-2)22-12-14-7-6-8-15(11-14)23(3)4;/h6-8,11,13H,5,9-10,12H2,1-4H3,(H2,19,20,22);1H. The van der Waals surface area contributed by atoms with Crippen molar-refractivity contribution in [2.45, 2.75) is 26.3 Å². The first-order valence-corrected chi connectivity index (χ1v) is 9.08. The number of aryl methyl sites for hydroxylation is 1. The van der Waals surface area contributed by atoms with Crippen LogP contribution in [0.4, 0.5) is 5.69 Å². The molecule has 5 nitrogen and oxygen atoms in total. The van der Waals surface area contributed by atoms with Crippen LogP contribution < -0.4 is 15.5 Å². The lowest BCUT2D eigenvalue weighted by molar-refractivity contribution is 0.791. The molecule has 1 heterocycles.